The van der Waals surface area contributed by atoms with Gasteiger partial charge in [-0.3, -0.25) is 14.4 Å². The minimum Gasteiger partial charge on any atom is -0.469 e. The maximum absolute atomic E-state index is 12.8. The van der Waals surface area contributed by atoms with Gasteiger partial charge in [0.1, 0.15) is 18.1 Å². The number of hydrogen-bond acceptors (Lipinski definition) is 9. The van der Waals surface area contributed by atoms with Crippen LogP contribution < -0.4 is 0 Å². The molecule has 0 bridgehead atoms. The average Bonchev–Trinajstić information content (AvgIpc) is 3.45. The van der Waals surface area contributed by atoms with Crippen LogP contribution in [0.4, 0.5) is 0 Å². The highest BCUT2D eigenvalue weighted by Crippen LogP contribution is 2.71. The second kappa shape index (κ2) is 15.1. The summed E-state index contributed by atoms with van der Waals surface area (Å²) in [5.74, 6) is -0.823. The van der Waals surface area contributed by atoms with Crippen LogP contribution in [0.1, 0.15) is 124 Å². The number of carbonyl (C=O) groups is 3. The van der Waals surface area contributed by atoms with Gasteiger partial charge in [-0.25, -0.2) is 0 Å². The maximum atomic E-state index is 12.8. The molecule has 1 aromatic carbocycles. The Kier molecular flexibility index (Phi) is 11.6. The highest BCUT2D eigenvalue weighted by atomic mass is 16.5. The summed E-state index contributed by atoms with van der Waals surface area (Å²) < 4.78 is 23.6. The zero-order valence-corrected chi connectivity index (χ0v) is 32.8. The van der Waals surface area contributed by atoms with Crippen molar-refractivity contribution in [3.05, 3.63) is 35.4 Å². The van der Waals surface area contributed by atoms with Gasteiger partial charge in [-0.05, 0) is 118 Å². The Labute approximate surface area is 311 Å². The van der Waals surface area contributed by atoms with E-state index in [-0.39, 0.29) is 82.1 Å². The van der Waals surface area contributed by atoms with Gasteiger partial charge in [0.15, 0.2) is 0 Å². The first-order valence-electron chi connectivity index (χ1n) is 19.4. The summed E-state index contributed by atoms with van der Waals surface area (Å²) >= 11 is 0. The number of methoxy groups -OCH3 is 1. The molecule has 5 rings (SSSR count). The molecule has 0 radical (unpaired) electrons. The molecule has 284 valence electrons. The lowest BCUT2D eigenvalue weighted by Crippen LogP contribution is -2.64. The van der Waals surface area contributed by atoms with Crippen molar-refractivity contribution in [3.8, 4) is 12.1 Å². The first-order valence-corrected chi connectivity index (χ1v) is 19.4. The van der Waals surface area contributed by atoms with Crippen LogP contribution in [-0.2, 0) is 45.4 Å². The van der Waals surface area contributed by atoms with E-state index in [0.717, 1.165) is 30.4 Å². The lowest BCUT2D eigenvalue weighted by Gasteiger charge is -2.65. The van der Waals surface area contributed by atoms with E-state index in [0.29, 0.717) is 45.1 Å². The number of ether oxygens (including phenoxy) is 4. The minimum absolute atomic E-state index is 0.0680. The lowest BCUT2D eigenvalue weighted by molar-refractivity contribution is -0.223. The summed E-state index contributed by atoms with van der Waals surface area (Å²) in [6, 6.07) is 13.0. The van der Waals surface area contributed by atoms with Crippen LogP contribution in [0.15, 0.2) is 24.3 Å². The molecule has 0 saturated heterocycles. The first kappa shape index (κ1) is 39.8. The molecule has 9 heteroatoms. The molecule has 9 nitrogen and oxygen atoms in total. The van der Waals surface area contributed by atoms with Gasteiger partial charge < -0.3 is 18.9 Å². The Morgan fingerprint density at radius 2 is 1.60 bits per heavy atom. The van der Waals surface area contributed by atoms with Gasteiger partial charge in [-0.2, -0.15) is 10.5 Å². The third kappa shape index (κ3) is 7.37. The maximum Gasteiger partial charge on any atom is 0.305 e. The number of nitrogens with zero attached hydrogens (tertiary/aromatic N) is 2. The molecule has 0 aromatic heterocycles. The molecule has 4 fully saturated rings. The molecule has 4 saturated carbocycles. The average molecular weight is 717 g/mol. The Balaban J connectivity index is 1.52. The lowest BCUT2D eigenvalue weighted by atomic mass is 9.40. The molecule has 0 heterocycles. The summed E-state index contributed by atoms with van der Waals surface area (Å²) in [4.78, 5) is 37.7. The summed E-state index contributed by atoms with van der Waals surface area (Å²) in [6.45, 7) is 16.4. The fourth-order valence-corrected chi connectivity index (χ4v) is 11.7. The van der Waals surface area contributed by atoms with Crippen LogP contribution in [0.2, 0.25) is 0 Å². The number of nitriles is 2. The molecular weight excluding hydrogens is 656 g/mol. The van der Waals surface area contributed by atoms with Gasteiger partial charge in [0.25, 0.3) is 0 Å². The van der Waals surface area contributed by atoms with E-state index >= 15 is 0 Å². The van der Waals surface area contributed by atoms with Crippen LogP contribution >= 0.6 is 0 Å². The van der Waals surface area contributed by atoms with Crippen molar-refractivity contribution < 1.29 is 33.3 Å². The smallest absolute Gasteiger partial charge is 0.305 e. The van der Waals surface area contributed by atoms with Crippen molar-refractivity contribution in [1.29, 1.82) is 10.5 Å². The summed E-state index contributed by atoms with van der Waals surface area (Å²) in [5, 5.41) is 20.8. The number of rotatable bonds is 10. The molecule has 0 unspecified atom stereocenters. The Morgan fingerprint density at radius 3 is 2.17 bits per heavy atom. The molecule has 52 heavy (non-hydrogen) atoms. The molecule has 0 aliphatic heterocycles. The van der Waals surface area contributed by atoms with Gasteiger partial charge in [0, 0.05) is 37.0 Å². The number of fused-ring (bicyclic) bond motifs is 5. The monoisotopic (exact) mass is 716 g/mol. The second-order valence-electron chi connectivity index (χ2n) is 18.0. The molecule has 1 aromatic rings. The van der Waals surface area contributed by atoms with E-state index in [4.69, 9.17) is 18.9 Å². The fourth-order valence-electron chi connectivity index (χ4n) is 11.7. The van der Waals surface area contributed by atoms with Crippen LogP contribution in [0.25, 0.3) is 0 Å². The van der Waals surface area contributed by atoms with Crippen molar-refractivity contribution in [2.75, 3.05) is 7.11 Å². The predicted octanol–water partition coefficient (Wildman–Crippen LogP) is 8.23. The zero-order valence-electron chi connectivity index (χ0n) is 32.8. The number of hydrogen-bond donors (Lipinski definition) is 0. The van der Waals surface area contributed by atoms with E-state index in [1.165, 1.54) is 21.0 Å². The topological polar surface area (TPSA) is 136 Å². The summed E-state index contributed by atoms with van der Waals surface area (Å²) in [7, 11) is 1.42. The van der Waals surface area contributed by atoms with Gasteiger partial charge in [-0.1, -0.05) is 45.0 Å². The van der Waals surface area contributed by atoms with Crippen LogP contribution in [0, 0.1) is 74.9 Å². The summed E-state index contributed by atoms with van der Waals surface area (Å²) in [5.41, 5.74) is 0.526. The number of benzene rings is 1. The van der Waals surface area contributed by atoms with Crippen molar-refractivity contribution in [3.63, 3.8) is 0 Å². The third-order valence-electron chi connectivity index (χ3n) is 14.3. The molecule has 0 N–H and O–H groups in total. The van der Waals surface area contributed by atoms with Crippen molar-refractivity contribution in [2.24, 2.45) is 52.3 Å². The quantitative estimate of drug-likeness (QED) is 0.173. The van der Waals surface area contributed by atoms with E-state index in [1.54, 1.807) is 0 Å². The van der Waals surface area contributed by atoms with Crippen molar-refractivity contribution in [1.82, 2.24) is 0 Å². The third-order valence-corrected chi connectivity index (χ3v) is 14.3. The molecule has 0 amide bonds. The number of carbonyl (C=O) groups excluding carboxylic acids is 3. The highest BCUT2D eigenvalue weighted by molar-refractivity contribution is 5.69. The SMILES string of the molecule is COC(=O)CC[C@@H](C)[C@H]1CC[C@H]2[C@@H]3[C@H](OC(C)=O)C[C@@H]4C[C@@](c5ccc(COC(C)(C)C)cc5)(C(C#N)C#N)CC[C@]4(C)[C@H]3C[C@H](OC(C)=O)[C@]12C. The Hall–Kier alpha value is -3.43. The predicted molar refractivity (Wildman–Crippen MR) is 195 cm³/mol. The van der Waals surface area contributed by atoms with E-state index in [9.17, 15) is 24.9 Å². The summed E-state index contributed by atoms with van der Waals surface area (Å²) in [6.07, 6.45) is 5.70. The first-order chi connectivity index (χ1) is 24.4. The number of esters is 3. The molecule has 4 aliphatic rings. The molecule has 11 atom stereocenters. The van der Waals surface area contributed by atoms with Gasteiger partial charge in [0.2, 0.25) is 0 Å². The Bertz CT molecular complexity index is 1560. The highest BCUT2D eigenvalue weighted by Gasteiger charge is 2.68. The second-order valence-corrected chi connectivity index (χ2v) is 18.0. The van der Waals surface area contributed by atoms with Crippen LogP contribution in [0.3, 0.4) is 0 Å². The molecule has 0 spiro atoms. The van der Waals surface area contributed by atoms with Crippen LogP contribution in [-0.4, -0.2) is 42.8 Å². The normalized spacial score (nSPS) is 35.9. The zero-order chi connectivity index (χ0) is 38.2. The fraction of sp³-hybridized carbons (Fsp3) is 0.744. The van der Waals surface area contributed by atoms with Crippen molar-refractivity contribution >= 4 is 17.9 Å². The van der Waals surface area contributed by atoms with Gasteiger partial charge in [-0.15, -0.1) is 0 Å². The van der Waals surface area contributed by atoms with Crippen molar-refractivity contribution in [2.45, 2.75) is 143 Å². The molecular formula is C43H60N2O7. The minimum atomic E-state index is -0.843. The molecule has 4 aliphatic carbocycles. The van der Waals surface area contributed by atoms with Crippen LogP contribution in [0.5, 0.6) is 0 Å². The Morgan fingerprint density at radius 1 is 0.942 bits per heavy atom. The van der Waals surface area contributed by atoms with E-state index in [1.807, 2.05) is 20.8 Å². The largest absolute Gasteiger partial charge is 0.469 e. The van der Waals surface area contributed by atoms with E-state index < -0.39 is 11.3 Å². The van der Waals surface area contributed by atoms with Gasteiger partial charge >= 0.3 is 17.9 Å². The standard InChI is InChI=1S/C43H60N2O7/c1-26(10-17-38(48)49-9)33-15-16-34-39-35(21-37(42(33,34)8)52-28(3)47)41(7)18-19-43(32(23-44)24-45,22-31(41)20-36(39)51-27(2)46)30-13-11-29(12-14-30)25-50-40(4,5)6/h11-14,26,31-37,39H,10,15-22,25H2,1-9H3/t26-,31-,33-,34+,35+,36-,37+,39+,41+,42-,43+/m1/s1. The van der Waals surface area contributed by atoms with E-state index in [2.05, 4.69) is 57.2 Å². The van der Waals surface area contributed by atoms with Gasteiger partial charge in [0.05, 0.1) is 31.5 Å².